The van der Waals surface area contributed by atoms with E-state index in [1.54, 1.807) is 0 Å². The molecule has 1 aromatic carbocycles. The van der Waals surface area contributed by atoms with Gasteiger partial charge in [-0.2, -0.15) is 87.4 Å². The molecule has 0 amide bonds. The van der Waals surface area contributed by atoms with Crippen molar-refractivity contribution >= 4 is 21.9 Å². The quantitative estimate of drug-likeness (QED) is 0.149. The van der Waals surface area contributed by atoms with Crippen molar-refractivity contribution in [1.29, 1.82) is 0 Å². The van der Waals surface area contributed by atoms with E-state index in [9.17, 15) is 96.2 Å². The Kier molecular flexibility index (Phi) is 8.62. The van der Waals surface area contributed by atoms with Crippen LogP contribution >= 0.6 is 11.8 Å². The molecule has 0 aliphatic heterocycles. The number of rotatable bonds is 11. The molecule has 0 spiro atoms. The smallest absolute Gasteiger partial charge is 0.281 e. The Morgan fingerprint density at radius 2 is 0.875 bits per heavy atom. The molecule has 1 aromatic rings. The highest BCUT2D eigenvalue weighted by molar-refractivity contribution is 8.00. The summed E-state index contributed by atoms with van der Waals surface area (Å²) in [5, 5.41) is -15.0. The highest BCUT2D eigenvalue weighted by Crippen LogP contribution is 2.66. The van der Waals surface area contributed by atoms with Gasteiger partial charge >= 0.3 is 62.1 Å². The Hall–Kier alpha value is -1.92. The molecule has 0 aliphatic rings. The Morgan fingerprint density at radius 1 is 0.550 bits per heavy atom. The van der Waals surface area contributed by atoms with E-state index in [1.165, 1.54) is 0 Å². The van der Waals surface area contributed by atoms with Gasteiger partial charge in [-0.3, -0.25) is 4.55 Å². The summed E-state index contributed by atoms with van der Waals surface area (Å²) in [5.41, 5.74) is 0. The second kappa shape index (κ2) is 9.55. The van der Waals surface area contributed by atoms with Gasteiger partial charge in [0.1, 0.15) is 11.6 Å². The molecular formula is C15H4F20O3S2. The van der Waals surface area contributed by atoms with E-state index in [0.29, 0.717) is 0 Å². The molecule has 0 aromatic heterocycles. The first-order valence-electron chi connectivity index (χ1n) is 8.65. The van der Waals surface area contributed by atoms with Gasteiger partial charge in [-0.05, 0) is 23.9 Å². The molecule has 3 nitrogen and oxygen atoms in total. The molecule has 0 saturated heterocycles. The van der Waals surface area contributed by atoms with Crippen LogP contribution in [-0.2, 0) is 10.1 Å². The SMILES string of the molecule is O=S(=O)(O)C(F)(F)C(F)(F)C(F)(F)C(F)(F)C(F)(F)C(F)(F)C(F)(F)C(F)(F)C(F)(F)Sc1ccc(F)cc1F. The van der Waals surface area contributed by atoms with Crippen molar-refractivity contribution in [1.82, 2.24) is 0 Å². The van der Waals surface area contributed by atoms with E-state index < -0.39 is 96.4 Å². The Labute approximate surface area is 210 Å². The minimum Gasteiger partial charge on any atom is -0.281 e. The topological polar surface area (TPSA) is 54.4 Å². The third kappa shape index (κ3) is 4.71. The number of alkyl halides is 18. The predicted molar refractivity (Wildman–Crippen MR) is 88.3 cm³/mol. The normalized spacial score (nSPS) is 15.9. The van der Waals surface area contributed by atoms with E-state index >= 15 is 0 Å². The van der Waals surface area contributed by atoms with Gasteiger partial charge in [0.15, 0.2) is 0 Å². The maximum atomic E-state index is 13.8. The van der Waals surface area contributed by atoms with E-state index in [-0.39, 0.29) is 12.1 Å². The first-order chi connectivity index (χ1) is 17.1. The lowest BCUT2D eigenvalue weighted by Crippen LogP contribution is -2.76. The summed E-state index contributed by atoms with van der Waals surface area (Å²) in [7, 11) is -8.04. The van der Waals surface area contributed by atoms with Crippen LogP contribution in [0, 0.1) is 11.6 Å². The van der Waals surface area contributed by atoms with Gasteiger partial charge in [-0.1, -0.05) is 0 Å². The fourth-order valence-corrected chi connectivity index (χ4v) is 3.55. The average molecular weight is 676 g/mol. The molecule has 1 N–H and O–H groups in total. The van der Waals surface area contributed by atoms with Gasteiger partial charge in [0.25, 0.3) is 0 Å². The fourth-order valence-electron chi connectivity index (χ4n) is 2.27. The van der Waals surface area contributed by atoms with E-state index in [1.807, 2.05) is 0 Å². The van der Waals surface area contributed by atoms with Crippen LogP contribution < -0.4 is 0 Å². The number of benzene rings is 1. The Bertz CT molecular complexity index is 1230. The van der Waals surface area contributed by atoms with Crippen LogP contribution in [0.25, 0.3) is 0 Å². The van der Waals surface area contributed by atoms with Crippen LogP contribution in [0.5, 0.6) is 0 Å². The van der Waals surface area contributed by atoms with Crippen molar-refractivity contribution in [3.05, 3.63) is 29.8 Å². The number of hydrogen-bond acceptors (Lipinski definition) is 3. The molecule has 0 unspecified atom stereocenters. The van der Waals surface area contributed by atoms with Crippen LogP contribution in [0.3, 0.4) is 0 Å². The lowest BCUT2D eigenvalue weighted by Gasteiger charge is -2.44. The van der Waals surface area contributed by atoms with Crippen LogP contribution in [0.4, 0.5) is 87.8 Å². The molecule has 25 heteroatoms. The molecule has 40 heavy (non-hydrogen) atoms. The van der Waals surface area contributed by atoms with Gasteiger partial charge < -0.3 is 0 Å². The van der Waals surface area contributed by atoms with Crippen LogP contribution in [-0.4, -0.2) is 64.9 Å². The molecule has 1 rings (SSSR count). The van der Waals surface area contributed by atoms with Crippen LogP contribution in [0.15, 0.2) is 23.1 Å². The molecular weight excluding hydrogens is 672 g/mol. The van der Waals surface area contributed by atoms with Gasteiger partial charge in [-0.25, -0.2) is 8.78 Å². The Balaban J connectivity index is 3.77. The molecule has 0 atom stereocenters. The third-order valence-corrected chi connectivity index (χ3v) is 6.52. The molecule has 0 heterocycles. The van der Waals surface area contributed by atoms with Crippen molar-refractivity contribution in [2.75, 3.05) is 0 Å². The highest BCUT2D eigenvalue weighted by Gasteiger charge is 2.97. The van der Waals surface area contributed by atoms with E-state index in [2.05, 4.69) is 0 Å². The summed E-state index contributed by atoms with van der Waals surface area (Å²) in [4.78, 5) is -2.03. The van der Waals surface area contributed by atoms with Crippen molar-refractivity contribution < 1.29 is 101 Å². The van der Waals surface area contributed by atoms with E-state index in [4.69, 9.17) is 4.55 Å². The molecule has 0 saturated carbocycles. The lowest BCUT2D eigenvalue weighted by molar-refractivity contribution is -0.455. The summed E-state index contributed by atoms with van der Waals surface area (Å²) < 4.78 is 299. The van der Waals surface area contributed by atoms with Crippen molar-refractivity contribution in [2.45, 2.75) is 56.9 Å². The van der Waals surface area contributed by atoms with Gasteiger partial charge in [0.2, 0.25) is 0 Å². The second-order valence-electron chi connectivity index (χ2n) is 7.21. The summed E-state index contributed by atoms with van der Waals surface area (Å²) in [5.74, 6) is -65.9. The molecule has 0 aliphatic carbocycles. The minimum absolute atomic E-state index is 0.0499. The molecule has 0 radical (unpaired) electrons. The zero-order valence-corrected chi connectivity index (χ0v) is 19.0. The zero-order chi connectivity index (χ0) is 32.6. The maximum Gasteiger partial charge on any atom is 0.438 e. The maximum absolute atomic E-state index is 13.8. The third-order valence-electron chi connectivity index (χ3n) is 4.55. The largest absolute Gasteiger partial charge is 0.438 e. The second-order valence-corrected chi connectivity index (χ2v) is 9.83. The van der Waals surface area contributed by atoms with Crippen LogP contribution in [0.1, 0.15) is 0 Å². The van der Waals surface area contributed by atoms with Crippen molar-refractivity contribution in [3.63, 3.8) is 0 Å². The first kappa shape index (κ1) is 36.1. The van der Waals surface area contributed by atoms with E-state index in [0.717, 1.165) is 0 Å². The van der Waals surface area contributed by atoms with Crippen molar-refractivity contribution in [3.8, 4) is 0 Å². The number of thioether (sulfide) groups is 1. The fraction of sp³-hybridized carbons (Fsp3) is 0.600. The Morgan fingerprint density at radius 3 is 1.20 bits per heavy atom. The number of halogens is 20. The molecule has 0 bridgehead atoms. The summed E-state index contributed by atoms with van der Waals surface area (Å²) in [6.07, 6.45) is 0. The van der Waals surface area contributed by atoms with Gasteiger partial charge in [-0.15, -0.1) is 0 Å². The predicted octanol–water partition coefficient (Wildman–Crippen LogP) is 7.58. The highest BCUT2D eigenvalue weighted by atomic mass is 32.2. The van der Waals surface area contributed by atoms with Crippen molar-refractivity contribution in [2.24, 2.45) is 0 Å². The van der Waals surface area contributed by atoms with Gasteiger partial charge in [0.05, 0.1) is 0 Å². The molecule has 234 valence electrons. The standard InChI is InChI=1S/C15H4F20O3S2/c16-4-1-2-6(5(17)3-4)39-14(32,33)12(28,29)10(24,25)8(20,21)7(18,19)9(22,23)11(26,27)13(30,31)15(34,35)40(36,37)38/h1-3H,(H,36,37,38). The average Bonchev–Trinajstić information content (AvgIpc) is 2.73. The molecule has 0 fully saturated rings. The van der Waals surface area contributed by atoms with Gasteiger partial charge in [0, 0.05) is 11.0 Å². The summed E-state index contributed by atoms with van der Waals surface area (Å²) >= 11 is -2.27. The van der Waals surface area contributed by atoms with Crippen LogP contribution in [0.2, 0.25) is 0 Å². The zero-order valence-electron chi connectivity index (χ0n) is 17.4. The first-order valence-corrected chi connectivity index (χ1v) is 10.9. The minimum atomic E-state index is -9.17. The number of hydrogen-bond donors (Lipinski definition) is 1. The lowest BCUT2D eigenvalue weighted by atomic mass is 9.89. The monoisotopic (exact) mass is 676 g/mol. The summed E-state index contributed by atoms with van der Waals surface area (Å²) in [6, 6.07) is -0.718. The summed E-state index contributed by atoms with van der Waals surface area (Å²) in [6.45, 7) is 0.